The number of aromatic hydroxyl groups is 1. The average molecular weight is 181 g/mol. The molecule has 0 saturated heterocycles. The molecular formula is C9H11NO3. The molecule has 70 valence electrons. The number of hydrogen-bond donors (Lipinski definition) is 2. The van der Waals surface area contributed by atoms with Gasteiger partial charge in [0.15, 0.2) is 0 Å². The lowest BCUT2D eigenvalue weighted by molar-refractivity contribution is 0.0537. The van der Waals surface area contributed by atoms with E-state index in [1.54, 1.807) is 13.0 Å². The van der Waals surface area contributed by atoms with Gasteiger partial charge < -0.3 is 5.11 Å². The van der Waals surface area contributed by atoms with Crippen LogP contribution in [-0.4, -0.2) is 18.1 Å². The Balaban J connectivity index is 2.90. The molecule has 0 unspecified atom stereocenters. The first kappa shape index (κ1) is 9.54. The highest BCUT2D eigenvalue weighted by Gasteiger charge is 2.05. The zero-order valence-electron chi connectivity index (χ0n) is 7.50. The van der Waals surface area contributed by atoms with Gasteiger partial charge in [0.05, 0.1) is 7.11 Å². The van der Waals surface area contributed by atoms with Crippen LogP contribution in [0.1, 0.15) is 15.9 Å². The van der Waals surface area contributed by atoms with E-state index in [0.717, 1.165) is 0 Å². The molecule has 2 N–H and O–H groups in total. The molecule has 0 fully saturated rings. The molecule has 0 heterocycles. The van der Waals surface area contributed by atoms with E-state index in [1.807, 2.05) is 0 Å². The maximum Gasteiger partial charge on any atom is 0.274 e. The van der Waals surface area contributed by atoms with Crippen LogP contribution in [-0.2, 0) is 4.84 Å². The first-order valence-corrected chi connectivity index (χ1v) is 3.78. The van der Waals surface area contributed by atoms with Gasteiger partial charge in [-0.25, -0.2) is 5.48 Å². The van der Waals surface area contributed by atoms with Gasteiger partial charge in [0.2, 0.25) is 0 Å². The highest BCUT2D eigenvalue weighted by atomic mass is 16.6. The van der Waals surface area contributed by atoms with Crippen LogP contribution in [0.5, 0.6) is 5.75 Å². The van der Waals surface area contributed by atoms with E-state index < -0.39 is 0 Å². The zero-order chi connectivity index (χ0) is 9.84. The Morgan fingerprint density at radius 2 is 2.23 bits per heavy atom. The van der Waals surface area contributed by atoms with Gasteiger partial charge in [0.25, 0.3) is 5.91 Å². The van der Waals surface area contributed by atoms with E-state index in [0.29, 0.717) is 11.1 Å². The van der Waals surface area contributed by atoms with Gasteiger partial charge in [-0.1, -0.05) is 0 Å². The summed E-state index contributed by atoms with van der Waals surface area (Å²) in [6.07, 6.45) is 0. The Hall–Kier alpha value is -1.55. The summed E-state index contributed by atoms with van der Waals surface area (Å²) in [6.45, 7) is 1.72. The van der Waals surface area contributed by atoms with Crippen molar-refractivity contribution >= 4 is 5.91 Å². The average Bonchev–Trinajstić information content (AvgIpc) is 2.10. The van der Waals surface area contributed by atoms with Crippen LogP contribution < -0.4 is 5.48 Å². The molecule has 1 aromatic carbocycles. The molecule has 4 heteroatoms. The van der Waals surface area contributed by atoms with Crippen molar-refractivity contribution in [2.75, 3.05) is 7.11 Å². The van der Waals surface area contributed by atoms with Crippen molar-refractivity contribution < 1.29 is 14.7 Å². The van der Waals surface area contributed by atoms with Crippen molar-refractivity contribution in [2.24, 2.45) is 0 Å². The second-order valence-electron chi connectivity index (χ2n) is 2.64. The number of phenolic OH excluding ortho intramolecular Hbond substituents is 1. The highest BCUT2D eigenvalue weighted by Crippen LogP contribution is 2.16. The lowest BCUT2D eigenvalue weighted by atomic mass is 10.1. The van der Waals surface area contributed by atoms with Gasteiger partial charge in [-0.2, -0.15) is 0 Å². The standard InChI is InChI=1S/C9H11NO3/c1-6-5-7(3-4-8(6)11)9(12)10-13-2/h3-5,11H,1-2H3,(H,10,12). The van der Waals surface area contributed by atoms with Crippen LogP contribution in [0.4, 0.5) is 0 Å². The second kappa shape index (κ2) is 3.91. The number of phenols is 1. The van der Waals surface area contributed by atoms with Crippen molar-refractivity contribution in [3.8, 4) is 5.75 Å². The first-order chi connectivity index (χ1) is 6.15. The molecule has 1 aromatic rings. The van der Waals surface area contributed by atoms with Crippen LogP contribution in [0.2, 0.25) is 0 Å². The third-order valence-corrected chi connectivity index (χ3v) is 1.65. The van der Waals surface area contributed by atoms with Gasteiger partial charge >= 0.3 is 0 Å². The summed E-state index contributed by atoms with van der Waals surface area (Å²) in [4.78, 5) is 15.7. The van der Waals surface area contributed by atoms with Crippen molar-refractivity contribution in [1.29, 1.82) is 0 Å². The van der Waals surface area contributed by atoms with E-state index in [-0.39, 0.29) is 11.7 Å². The molecule has 0 saturated carbocycles. The zero-order valence-corrected chi connectivity index (χ0v) is 7.50. The minimum absolute atomic E-state index is 0.175. The molecule has 0 aromatic heterocycles. The molecule has 1 rings (SSSR count). The van der Waals surface area contributed by atoms with E-state index in [4.69, 9.17) is 0 Å². The summed E-state index contributed by atoms with van der Waals surface area (Å²) in [5.74, 6) is -0.153. The Morgan fingerprint density at radius 1 is 1.54 bits per heavy atom. The quantitative estimate of drug-likeness (QED) is 0.669. The smallest absolute Gasteiger partial charge is 0.274 e. The summed E-state index contributed by atoms with van der Waals surface area (Å²) in [7, 11) is 1.37. The fourth-order valence-electron chi connectivity index (χ4n) is 0.948. The molecule has 13 heavy (non-hydrogen) atoms. The molecule has 0 aliphatic carbocycles. The lowest BCUT2D eigenvalue weighted by Gasteiger charge is -2.03. The van der Waals surface area contributed by atoms with Crippen LogP contribution in [0.15, 0.2) is 18.2 Å². The van der Waals surface area contributed by atoms with Gasteiger partial charge in [-0.15, -0.1) is 0 Å². The van der Waals surface area contributed by atoms with E-state index in [1.165, 1.54) is 19.2 Å². The van der Waals surface area contributed by atoms with E-state index in [2.05, 4.69) is 10.3 Å². The molecule has 0 spiro atoms. The minimum Gasteiger partial charge on any atom is -0.508 e. The number of nitrogens with one attached hydrogen (secondary N) is 1. The summed E-state index contributed by atoms with van der Waals surface area (Å²) >= 11 is 0. The van der Waals surface area contributed by atoms with Gasteiger partial charge in [0.1, 0.15) is 5.75 Å². The largest absolute Gasteiger partial charge is 0.508 e. The maximum atomic E-state index is 11.2. The van der Waals surface area contributed by atoms with Crippen LogP contribution in [0, 0.1) is 6.92 Å². The topological polar surface area (TPSA) is 58.6 Å². The second-order valence-corrected chi connectivity index (χ2v) is 2.64. The van der Waals surface area contributed by atoms with Crippen molar-refractivity contribution in [3.05, 3.63) is 29.3 Å². The van der Waals surface area contributed by atoms with Crippen LogP contribution >= 0.6 is 0 Å². The molecule has 0 aliphatic rings. The number of carbonyl (C=O) groups is 1. The number of amides is 1. The van der Waals surface area contributed by atoms with Crippen molar-refractivity contribution in [2.45, 2.75) is 6.92 Å². The molecule has 1 amide bonds. The number of hydroxylamine groups is 1. The number of benzene rings is 1. The summed E-state index contributed by atoms with van der Waals surface area (Å²) < 4.78 is 0. The van der Waals surface area contributed by atoms with E-state index >= 15 is 0 Å². The number of rotatable bonds is 2. The van der Waals surface area contributed by atoms with Crippen molar-refractivity contribution in [1.82, 2.24) is 5.48 Å². The Labute approximate surface area is 76.1 Å². The van der Waals surface area contributed by atoms with Crippen LogP contribution in [0.3, 0.4) is 0 Å². The number of carbonyl (C=O) groups excluding carboxylic acids is 1. The normalized spacial score (nSPS) is 9.69. The van der Waals surface area contributed by atoms with Gasteiger partial charge in [0, 0.05) is 5.56 Å². The predicted octanol–water partition coefficient (Wildman–Crippen LogP) is 0.992. The Morgan fingerprint density at radius 3 is 2.77 bits per heavy atom. The predicted molar refractivity (Wildman–Crippen MR) is 47.3 cm³/mol. The third-order valence-electron chi connectivity index (χ3n) is 1.65. The lowest BCUT2D eigenvalue weighted by Crippen LogP contribution is -2.21. The number of aryl methyl sites for hydroxylation is 1. The Bertz CT molecular complexity index is 323. The molecule has 4 nitrogen and oxygen atoms in total. The van der Waals surface area contributed by atoms with Crippen LogP contribution in [0.25, 0.3) is 0 Å². The monoisotopic (exact) mass is 181 g/mol. The van der Waals surface area contributed by atoms with Gasteiger partial charge in [-0.3, -0.25) is 9.63 Å². The summed E-state index contributed by atoms with van der Waals surface area (Å²) in [5, 5.41) is 9.19. The number of hydrogen-bond acceptors (Lipinski definition) is 3. The fourth-order valence-corrected chi connectivity index (χ4v) is 0.948. The molecule has 0 radical (unpaired) electrons. The maximum absolute atomic E-state index is 11.2. The van der Waals surface area contributed by atoms with E-state index in [9.17, 15) is 9.90 Å². The fraction of sp³-hybridized carbons (Fsp3) is 0.222. The SMILES string of the molecule is CONC(=O)c1ccc(O)c(C)c1. The highest BCUT2D eigenvalue weighted by molar-refractivity contribution is 5.93. The minimum atomic E-state index is -0.328. The third kappa shape index (κ3) is 2.19. The summed E-state index contributed by atoms with van der Waals surface area (Å²) in [5.41, 5.74) is 3.30. The van der Waals surface area contributed by atoms with Gasteiger partial charge in [-0.05, 0) is 30.7 Å². The molecule has 0 bridgehead atoms. The molecular weight excluding hydrogens is 170 g/mol. The molecule has 0 atom stereocenters. The Kier molecular flexibility index (Phi) is 2.87. The first-order valence-electron chi connectivity index (χ1n) is 3.78. The molecule has 0 aliphatic heterocycles. The van der Waals surface area contributed by atoms with Crippen molar-refractivity contribution in [3.63, 3.8) is 0 Å². The summed E-state index contributed by atoms with van der Waals surface area (Å²) in [6, 6.07) is 4.58.